The van der Waals surface area contributed by atoms with Gasteiger partial charge < -0.3 is 24.4 Å². The summed E-state index contributed by atoms with van der Waals surface area (Å²) in [4.78, 5) is 27.9. The summed E-state index contributed by atoms with van der Waals surface area (Å²) < 4.78 is 10.9. The molecule has 2 aliphatic rings. The number of hydrogen-bond acceptors (Lipinski definition) is 5. The summed E-state index contributed by atoms with van der Waals surface area (Å²) in [6.07, 6.45) is 1.78. The number of anilines is 2. The molecule has 1 aromatic heterocycles. The summed E-state index contributed by atoms with van der Waals surface area (Å²) in [5.41, 5.74) is 2.11. The number of ether oxygens (including phenoxy) is 1. The zero-order valence-corrected chi connectivity index (χ0v) is 16.3. The molecule has 1 saturated heterocycles. The molecule has 28 heavy (non-hydrogen) atoms. The lowest BCUT2D eigenvalue weighted by Crippen LogP contribution is -2.36. The van der Waals surface area contributed by atoms with Crippen molar-refractivity contribution < 1.29 is 18.8 Å². The van der Waals surface area contributed by atoms with Crippen molar-refractivity contribution in [1.82, 2.24) is 10.1 Å². The summed E-state index contributed by atoms with van der Waals surface area (Å²) in [5.74, 6) is 1.56. The first kappa shape index (κ1) is 18.3. The predicted octanol–water partition coefficient (Wildman–Crippen LogP) is 3.52. The number of benzene rings is 1. The summed E-state index contributed by atoms with van der Waals surface area (Å²) in [5, 5.41) is 7.11. The van der Waals surface area contributed by atoms with Gasteiger partial charge in [-0.1, -0.05) is 19.0 Å². The van der Waals surface area contributed by atoms with Crippen LogP contribution in [0.25, 0.3) is 0 Å². The molecule has 1 N–H and O–H groups in total. The molecule has 0 radical (unpaired) electrons. The Kier molecular flexibility index (Phi) is 4.70. The molecule has 1 atom stereocenters. The summed E-state index contributed by atoms with van der Waals surface area (Å²) >= 11 is 0. The van der Waals surface area contributed by atoms with Gasteiger partial charge in [-0.15, -0.1) is 0 Å². The van der Waals surface area contributed by atoms with Gasteiger partial charge in [-0.3, -0.25) is 4.79 Å². The number of hydrogen-bond donors (Lipinski definition) is 1. The first-order chi connectivity index (χ1) is 13.4. The lowest BCUT2D eigenvalue weighted by Gasteiger charge is -2.27. The van der Waals surface area contributed by atoms with Crippen LogP contribution < -0.4 is 15.0 Å². The molecular weight excluding hydrogens is 360 g/mol. The van der Waals surface area contributed by atoms with Gasteiger partial charge in [-0.2, -0.15) is 0 Å². The fourth-order valence-corrected chi connectivity index (χ4v) is 3.60. The van der Waals surface area contributed by atoms with E-state index in [1.807, 2.05) is 19.9 Å². The molecule has 0 unspecified atom stereocenters. The molecule has 2 aromatic rings. The van der Waals surface area contributed by atoms with Crippen LogP contribution in [0.1, 0.15) is 50.1 Å². The van der Waals surface area contributed by atoms with Gasteiger partial charge in [-0.05, 0) is 25.0 Å². The van der Waals surface area contributed by atoms with Crippen LogP contribution in [-0.4, -0.2) is 42.2 Å². The highest BCUT2D eigenvalue weighted by molar-refractivity contribution is 5.98. The van der Waals surface area contributed by atoms with Crippen molar-refractivity contribution in [2.24, 2.45) is 0 Å². The summed E-state index contributed by atoms with van der Waals surface area (Å²) in [7, 11) is 1.71. The number of amides is 3. The van der Waals surface area contributed by atoms with Crippen LogP contribution in [0.5, 0.6) is 5.75 Å². The lowest BCUT2D eigenvalue weighted by atomic mass is 10.1. The number of nitrogens with zero attached hydrogens (tertiary/aromatic N) is 3. The quantitative estimate of drug-likeness (QED) is 0.875. The normalized spacial score (nSPS) is 19.0. The van der Waals surface area contributed by atoms with Crippen LogP contribution in [0, 0.1) is 0 Å². The number of fused-ring (bicyclic) bond motifs is 1. The number of carbonyl (C=O) groups excluding carboxylic acids is 2. The fraction of sp³-hybridized carbons (Fsp3) is 0.450. The minimum atomic E-state index is -0.184. The maximum absolute atomic E-state index is 12.9. The minimum Gasteiger partial charge on any atom is -0.481 e. The molecule has 0 spiro atoms. The molecule has 0 bridgehead atoms. The second-order valence-electron chi connectivity index (χ2n) is 7.51. The van der Waals surface area contributed by atoms with E-state index in [9.17, 15) is 9.59 Å². The van der Waals surface area contributed by atoms with Gasteiger partial charge >= 0.3 is 6.03 Å². The van der Waals surface area contributed by atoms with Crippen molar-refractivity contribution in [2.45, 2.75) is 38.6 Å². The smallest absolute Gasteiger partial charge is 0.322 e. The van der Waals surface area contributed by atoms with Crippen LogP contribution in [0.2, 0.25) is 0 Å². The van der Waals surface area contributed by atoms with Gasteiger partial charge in [0.05, 0.1) is 11.7 Å². The summed E-state index contributed by atoms with van der Waals surface area (Å²) in [6.45, 7) is 4.76. The van der Waals surface area contributed by atoms with E-state index in [2.05, 4.69) is 10.5 Å². The van der Waals surface area contributed by atoms with Crippen LogP contribution >= 0.6 is 0 Å². The number of carbonyl (C=O) groups is 2. The minimum absolute atomic E-state index is 0.000553. The average Bonchev–Trinajstić information content (AvgIpc) is 3.33. The molecule has 3 amide bonds. The zero-order valence-electron chi connectivity index (χ0n) is 16.3. The molecular formula is C20H24N4O4. The molecule has 2 aliphatic heterocycles. The van der Waals surface area contributed by atoms with Crippen molar-refractivity contribution in [3.63, 3.8) is 0 Å². The zero-order chi connectivity index (χ0) is 19.8. The molecule has 1 fully saturated rings. The molecule has 148 valence electrons. The van der Waals surface area contributed by atoms with Crippen LogP contribution in [0.3, 0.4) is 0 Å². The van der Waals surface area contributed by atoms with E-state index in [0.29, 0.717) is 23.7 Å². The third-order valence-corrected chi connectivity index (χ3v) is 5.27. The first-order valence-corrected chi connectivity index (χ1v) is 9.51. The Morgan fingerprint density at radius 3 is 2.89 bits per heavy atom. The average molecular weight is 384 g/mol. The van der Waals surface area contributed by atoms with Crippen molar-refractivity contribution in [1.29, 1.82) is 0 Å². The van der Waals surface area contributed by atoms with Crippen molar-refractivity contribution in [3.8, 4) is 5.75 Å². The Balaban J connectivity index is 1.49. The van der Waals surface area contributed by atoms with E-state index in [-0.39, 0.29) is 30.5 Å². The number of rotatable bonds is 3. The molecule has 0 aliphatic carbocycles. The van der Waals surface area contributed by atoms with E-state index >= 15 is 0 Å². The van der Waals surface area contributed by atoms with Crippen LogP contribution in [-0.2, 0) is 4.79 Å². The maximum Gasteiger partial charge on any atom is 0.322 e. The fourth-order valence-electron chi connectivity index (χ4n) is 3.60. The third-order valence-electron chi connectivity index (χ3n) is 5.27. The highest BCUT2D eigenvalue weighted by Crippen LogP contribution is 2.35. The Hall–Kier alpha value is -3.03. The lowest BCUT2D eigenvalue weighted by molar-refractivity contribution is -0.120. The van der Waals surface area contributed by atoms with Gasteiger partial charge in [0.25, 0.3) is 5.91 Å². The Labute approximate surface area is 163 Å². The molecule has 3 heterocycles. The van der Waals surface area contributed by atoms with Crippen LogP contribution in [0.15, 0.2) is 28.8 Å². The van der Waals surface area contributed by atoms with Crippen LogP contribution in [0.4, 0.5) is 16.2 Å². The van der Waals surface area contributed by atoms with E-state index in [0.717, 1.165) is 24.3 Å². The molecule has 0 saturated carbocycles. The SMILES string of the molecule is CC(C)c1cc([C@H]2CCCN2C(=O)Nc2ccc3c(c2)OCC(=O)N3C)no1. The highest BCUT2D eigenvalue weighted by atomic mass is 16.5. The largest absolute Gasteiger partial charge is 0.481 e. The number of nitrogens with one attached hydrogen (secondary N) is 1. The monoisotopic (exact) mass is 384 g/mol. The van der Waals surface area contributed by atoms with E-state index < -0.39 is 0 Å². The van der Waals surface area contributed by atoms with Gasteiger partial charge in [-0.25, -0.2) is 4.79 Å². The Morgan fingerprint density at radius 1 is 1.32 bits per heavy atom. The predicted molar refractivity (Wildman–Crippen MR) is 104 cm³/mol. The Bertz CT molecular complexity index is 907. The van der Waals surface area contributed by atoms with E-state index in [4.69, 9.17) is 9.26 Å². The van der Waals surface area contributed by atoms with Gasteiger partial charge in [0.2, 0.25) is 0 Å². The topological polar surface area (TPSA) is 87.9 Å². The second kappa shape index (κ2) is 7.18. The van der Waals surface area contributed by atoms with E-state index in [1.165, 1.54) is 0 Å². The molecule has 1 aromatic carbocycles. The van der Waals surface area contributed by atoms with Gasteiger partial charge in [0.15, 0.2) is 6.61 Å². The van der Waals surface area contributed by atoms with Crippen molar-refractivity contribution >= 4 is 23.3 Å². The second-order valence-corrected chi connectivity index (χ2v) is 7.51. The molecule has 8 nitrogen and oxygen atoms in total. The van der Waals surface area contributed by atoms with Crippen molar-refractivity contribution in [3.05, 3.63) is 35.7 Å². The summed E-state index contributed by atoms with van der Waals surface area (Å²) in [6, 6.07) is 6.96. The number of likely N-dealkylation sites (N-methyl/N-ethyl adjacent to an activating group) is 1. The number of urea groups is 1. The highest BCUT2D eigenvalue weighted by Gasteiger charge is 2.33. The maximum atomic E-state index is 12.9. The number of likely N-dealkylation sites (tertiary alicyclic amines) is 1. The molecule has 4 rings (SSSR count). The van der Waals surface area contributed by atoms with E-state index in [1.54, 1.807) is 35.0 Å². The van der Waals surface area contributed by atoms with Crippen molar-refractivity contribution in [2.75, 3.05) is 30.4 Å². The van der Waals surface area contributed by atoms with Gasteiger partial charge in [0.1, 0.15) is 17.2 Å². The molecule has 8 heteroatoms. The third kappa shape index (κ3) is 3.30. The van der Waals surface area contributed by atoms with Gasteiger partial charge in [0, 0.05) is 37.3 Å². The Morgan fingerprint density at radius 2 is 2.14 bits per heavy atom. The standard InChI is InChI=1S/C20H24N4O4/c1-12(2)17-10-14(22-28-17)15-5-4-8-24(15)20(26)21-13-6-7-16-18(9-13)27-11-19(25)23(16)3/h6-7,9-10,12,15H,4-5,8,11H2,1-3H3,(H,21,26)/t15-/m1/s1. The number of aromatic nitrogens is 1. The first-order valence-electron chi connectivity index (χ1n) is 9.51.